The first-order valence-corrected chi connectivity index (χ1v) is 30.8. The molecule has 0 saturated heterocycles. The number of hydrogen-bond donors (Lipinski definition) is 16. The minimum absolute atomic E-state index is 0.0617. The van der Waals surface area contributed by atoms with Crippen molar-refractivity contribution in [2.75, 3.05) is 26.2 Å². The molecule has 0 spiro atoms. The number of carbonyl (C=O) groups is 9. The van der Waals surface area contributed by atoms with Crippen LogP contribution >= 0.6 is 0 Å². The molecule has 0 aliphatic carbocycles. The molecule has 0 aromatic heterocycles. The largest absolute Gasteiger partial charge is 0.480 e. The van der Waals surface area contributed by atoms with Crippen molar-refractivity contribution in [2.24, 2.45) is 40.5 Å². The average molecular weight is 1230 g/mol. The van der Waals surface area contributed by atoms with E-state index in [2.05, 4.69) is 47.9 Å². The van der Waals surface area contributed by atoms with Crippen molar-refractivity contribution in [3.05, 3.63) is 108 Å². The molecule has 88 heavy (non-hydrogen) atoms. The van der Waals surface area contributed by atoms with Crippen molar-refractivity contribution < 1.29 is 48.3 Å². The molecule has 25 heteroatoms. The summed E-state index contributed by atoms with van der Waals surface area (Å²) in [5, 5.41) is 42.4. The molecule has 8 amide bonds. The Morgan fingerprint density at radius 3 is 1.02 bits per heavy atom. The van der Waals surface area contributed by atoms with Gasteiger partial charge in [-0.15, -0.1) is 0 Å². The topological polar surface area (TPSA) is 436 Å². The van der Waals surface area contributed by atoms with E-state index in [4.69, 9.17) is 34.1 Å². The minimum atomic E-state index is -1.40. The SMILES string of the molecule is CC(C)C[C@H](NC(=O)[C@H](CC(C)C)NC(=O)[C@H](CCCCN)NC(=O)[C@H](CCCNC(=N)N)NC(=O)[C@H](Cc1ccccc1)NC(=O)[C@H](Cc1ccccc1)NC(=O)[C@H](CCCCN)NC(=O)[C@H](CCCCN)NC(=O)[C@@H](N)Cc1ccccc1)C(=O)O. The molecule has 3 aromatic rings. The van der Waals surface area contributed by atoms with Gasteiger partial charge in [0.1, 0.15) is 48.3 Å². The molecule has 25 nitrogen and oxygen atoms in total. The second-order valence-electron chi connectivity index (χ2n) is 23.1. The number of carboxylic acids is 1. The third kappa shape index (κ3) is 29.1. The number of nitrogens with one attached hydrogen (secondary N) is 10. The molecule has 0 fully saturated rings. The van der Waals surface area contributed by atoms with Crippen LogP contribution in [0.25, 0.3) is 0 Å². The lowest BCUT2D eigenvalue weighted by atomic mass is 9.99. The van der Waals surface area contributed by atoms with Gasteiger partial charge in [0.2, 0.25) is 47.3 Å². The van der Waals surface area contributed by atoms with E-state index in [1.807, 2.05) is 58.0 Å². The Kier molecular flexibility index (Phi) is 34.8. The van der Waals surface area contributed by atoms with Crippen LogP contribution in [0.1, 0.15) is 128 Å². The summed E-state index contributed by atoms with van der Waals surface area (Å²) in [5.74, 6) is -7.56. The van der Waals surface area contributed by atoms with Crippen LogP contribution in [0.5, 0.6) is 0 Å². The fourth-order valence-electron chi connectivity index (χ4n) is 9.74. The van der Waals surface area contributed by atoms with Gasteiger partial charge in [0, 0.05) is 19.4 Å². The third-order valence-electron chi connectivity index (χ3n) is 14.5. The smallest absolute Gasteiger partial charge is 0.326 e. The van der Waals surface area contributed by atoms with Crippen LogP contribution in [0.4, 0.5) is 0 Å². The number of benzene rings is 3. The van der Waals surface area contributed by atoms with Crippen molar-refractivity contribution in [1.82, 2.24) is 47.9 Å². The summed E-state index contributed by atoms with van der Waals surface area (Å²) in [6.45, 7) is 8.32. The first-order valence-electron chi connectivity index (χ1n) is 30.8. The van der Waals surface area contributed by atoms with Gasteiger partial charge < -0.3 is 81.6 Å². The fourth-order valence-corrected chi connectivity index (χ4v) is 9.74. The minimum Gasteiger partial charge on any atom is -0.480 e. The van der Waals surface area contributed by atoms with Gasteiger partial charge in [0.15, 0.2) is 5.96 Å². The van der Waals surface area contributed by atoms with Crippen LogP contribution < -0.4 is 76.5 Å². The zero-order chi connectivity index (χ0) is 65.0. The van der Waals surface area contributed by atoms with Crippen molar-refractivity contribution in [3.8, 4) is 0 Å². The Morgan fingerprint density at radius 1 is 0.398 bits per heavy atom. The highest BCUT2D eigenvalue weighted by molar-refractivity contribution is 5.98. The number of guanidine groups is 1. The van der Waals surface area contributed by atoms with E-state index in [0.717, 1.165) is 5.56 Å². The molecule has 9 atom stereocenters. The van der Waals surface area contributed by atoms with E-state index >= 15 is 0 Å². The van der Waals surface area contributed by atoms with Crippen LogP contribution in [0, 0.1) is 17.2 Å². The summed E-state index contributed by atoms with van der Waals surface area (Å²) in [5.41, 5.74) is 31.5. The van der Waals surface area contributed by atoms with Gasteiger partial charge >= 0.3 is 5.97 Å². The summed E-state index contributed by atoms with van der Waals surface area (Å²) in [6, 6.07) is 15.6. The van der Waals surface area contributed by atoms with E-state index in [1.54, 1.807) is 60.7 Å². The summed E-state index contributed by atoms with van der Waals surface area (Å²) < 4.78 is 0. The van der Waals surface area contributed by atoms with E-state index in [-0.39, 0.29) is 95.1 Å². The van der Waals surface area contributed by atoms with E-state index in [9.17, 15) is 48.3 Å². The maximum absolute atomic E-state index is 14.9. The first-order chi connectivity index (χ1) is 42.0. The highest BCUT2D eigenvalue weighted by Crippen LogP contribution is 2.15. The lowest BCUT2D eigenvalue weighted by Crippen LogP contribution is -2.61. The Hall–Kier alpha value is -8.00. The molecule has 486 valence electrons. The van der Waals surface area contributed by atoms with Crippen molar-refractivity contribution in [1.29, 1.82) is 5.41 Å². The molecule has 0 bridgehead atoms. The van der Waals surface area contributed by atoms with Crippen LogP contribution in [0.3, 0.4) is 0 Å². The number of amides is 8. The molecule has 0 heterocycles. The normalized spacial score (nSPS) is 14.2. The van der Waals surface area contributed by atoms with Crippen molar-refractivity contribution in [2.45, 2.75) is 185 Å². The Labute approximate surface area is 518 Å². The Balaban J connectivity index is 2.02. The van der Waals surface area contributed by atoms with Gasteiger partial charge in [-0.25, -0.2) is 4.79 Å². The monoisotopic (exact) mass is 1230 g/mol. The van der Waals surface area contributed by atoms with E-state index in [0.29, 0.717) is 62.7 Å². The highest BCUT2D eigenvalue weighted by Gasteiger charge is 2.36. The molecular formula is C63H99N15O10. The molecule has 0 radical (unpaired) electrons. The van der Waals surface area contributed by atoms with Crippen molar-refractivity contribution in [3.63, 3.8) is 0 Å². The van der Waals surface area contributed by atoms with E-state index in [1.165, 1.54) is 0 Å². The zero-order valence-corrected chi connectivity index (χ0v) is 51.7. The van der Waals surface area contributed by atoms with Crippen LogP contribution in [0.2, 0.25) is 0 Å². The summed E-state index contributed by atoms with van der Waals surface area (Å²) in [6.07, 6.45) is 3.55. The van der Waals surface area contributed by atoms with Gasteiger partial charge in [-0.1, -0.05) is 119 Å². The second-order valence-corrected chi connectivity index (χ2v) is 23.1. The molecule has 21 N–H and O–H groups in total. The van der Waals surface area contributed by atoms with Crippen molar-refractivity contribution >= 4 is 59.2 Å². The van der Waals surface area contributed by atoms with Gasteiger partial charge in [0.05, 0.1) is 6.04 Å². The lowest BCUT2D eigenvalue weighted by molar-refractivity contribution is -0.143. The van der Waals surface area contributed by atoms with Gasteiger partial charge in [-0.05, 0) is 138 Å². The second kappa shape index (κ2) is 41.2. The first kappa shape index (κ1) is 74.3. The molecular weight excluding hydrogens is 1130 g/mol. The van der Waals surface area contributed by atoms with Crippen LogP contribution in [-0.2, 0) is 62.4 Å². The number of carbonyl (C=O) groups excluding carboxylic acids is 8. The predicted molar refractivity (Wildman–Crippen MR) is 338 cm³/mol. The summed E-state index contributed by atoms with van der Waals surface area (Å²) >= 11 is 0. The molecule has 0 saturated carbocycles. The zero-order valence-electron chi connectivity index (χ0n) is 51.7. The standard InChI is InChI=1S/C63H99N15O10/c1-40(2)35-50(59(84)78-53(62(87)88)36-41(3)4)75-57(82)47(28-15-18-32-65)73-56(81)49(30-20-34-70-63(68)69)74-60(85)51(38-43-23-10-6-11-24-43)77-61(86)52(39-44-25-12-7-13-26-44)76-58(83)48(29-16-19-33-66)72-55(80)46(27-14-17-31-64)71-54(79)45(67)37-42-21-8-5-9-22-42/h5-13,21-26,40-41,45-53H,14-20,27-39,64-67H2,1-4H3,(H,71,79)(H,72,80)(H,73,81)(H,74,85)(H,75,82)(H,76,83)(H,77,86)(H,78,84)(H,87,88)(H4,68,69,70)/t45-,46-,47-,48-,49-,50-,51-,52-,53-/m0/s1. The maximum Gasteiger partial charge on any atom is 0.326 e. The fraction of sp³-hybridized carbons (Fsp3) is 0.556. The number of carboxylic acid groups (broad SMARTS) is 1. The molecule has 3 aromatic carbocycles. The van der Waals surface area contributed by atoms with Crippen LogP contribution in [0.15, 0.2) is 91.0 Å². The quantitative estimate of drug-likeness (QED) is 0.0211. The Bertz CT molecular complexity index is 2640. The predicted octanol–water partition coefficient (Wildman–Crippen LogP) is 0.747. The number of nitrogens with two attached hydrogens (primary N) is 5. The van der Waals surface area contributed by atoms with E-state index < -0.39 is 108 Å². The average Bonchev–Trinajstić information content (AvgIpc) is 3.64. The molecule has 0 aliphatic heterocycles. The number of unbranched alkanes of at least 4 members (excludes halogenated alkanes) is 3. The molecule has 0 aliphatic rings. The molecule has 0 unspecified atom stereocenters. The maximum atomic E-state index is 14.9. The summed E-state index contributed by atoms with van der Waals surface area (Å²) in [7, 11) is 0. The number of aliphatic carboxylic acids is 1. The molecule has 3 rings (SSSR count). The third-order valence-corrected chi connectivity index (χ3v) is 14.5. The number of rotatable bonds is 43. The summed E-state index contributed by atoms with van der Waals surface area (Å²) in [4.78, 5) is 127. The van der Waals surface area contributed by atoms with Crippen LogP contribution in [-0.4, -0.2) is 145 Å². The van der Waals surface area contributed by atoms with Gasteiger partial charge in [0.25, 0.3) is 0 Å². The highest BCUT2D eigenvalue weighted by atomic mass is 16.4. The lowest BCUT2D eigenvalue weighted by Gasteiger charge is -2.29. The number of hydrogen-bond acceptors (Lipinski definition) is 14. The Morgan fingerprint density at radius 2 is 0.682 bits per heavy atom. The van der Waals surface area contributed by atoms with Gasteiger partial charge in [-0.2, -0.15) is 0 Å². The van der Waals surface area contributed by atoms with Gasteiger partial charge in [-0.3, -0.25) is 43.8 Å².